The molecular weight excluding hydrogens is 282 g/mol. The quantitative estimate of drug-likeness (QED) is 0.785. The second-order valence-corrected chi connectivity index (χ2v) is 7.23. The monoisotopic (exact) mass is 311 g/mol. The van der Waals surface area contributed by atoms with Crippen molar-refractivity contribution in [2.45, 2.75) is 59.1 Å². The van der Waals surface area contributed by atoms with Crippen molar-refractivity contribution in [2.75, 3.05) is 19.6 Å². The highest BCUT2D eigenvalue weighted by Crippen LogP contribution is 2.17. The minimum Gasteiger partial charge on any atom is -0.444 e. The first kappa shape index (κ1) is 18.4. The van der Waals surface area contributed by atoms with Gasteiger partial charge in [-0.15, -0.1) is 0 Å². The molecule has 7 nitrogen and oxygen atoms in total. The molecule has 0 unspecified atom stereocenters. The Labute approximate surface area is 132 Å². The first-order chi connectivity index (χ1) is 10.1. The Balaban J connectivity index is 2.40. The molecule has 7 heteroatoms. The largest absolute Gasteiger partial charge is 0.444 e. The molecule has 1 amide bonds. The van der Waals surface area contributed by atoms with E-state index in [2.05, 4.69) is 20.5 Å². The number of nitrogens with zero attached hydrogens (tertiary/aromatic N) is 3. The van der Waals surface area contributed by atoms with Gasteiger partial charge in [-0.05, 0) is 41.5 Å². The van der Waals surface area contributed by atoms with E-state index in [9.17, 15) is 4.79 Å². The third-order valence-electron chi connectivity index (χ3n) is 2.94. The van der Waals surface area contributed by atoms with Crippen molar-refractivity contribution in [1.82, 2.24) is 25.4 Å². The molecule has 1 aromatic rings. The molecule has 22 heavy (non-hydrogen) atoms. The van der Waals surface area contributed by atoms with Crippen LogP contribution in [0.4, 0.5) is 4.79 Å². The van der Waals surface area contributed by atoms with E-state index in [0.717, 1.165) is 18.8 Å². The smallest absolute Gasteiger partial charge is 0.410 e. The van der Waals surface area contributed by atoms with Crippen molar-refractivity contribution >= 4 is 6.09 Å². The van der Waals surface area contributed by atoms with Crippen LogP contribution in [0.2, 0.25) is 0 Å². The molecule has 0 spiro atoms. The molecule has 0 aliphatic carbocycles. The summed E-state index contributed by atoms with van der Waals surface area (Å²) in [5.41, 5.74) is -0.769. The maximum absolute atomic E-state index is 12.3. The molecule has 0 aliphatic rings. The van der Waals surface area contributed by atoms with E-state index in [0.29, 0.717) is 13.1 Å². The Kier molecular flexibility index (Phi) is 6.34. The number of hydrogen-bond acceptors (Lipinski definition) is 5. The lowest BCUT2D eigenvalue weighted by atomic mass is 10.1. The number of hydrogen-bond donors (Lipinski definition) is 2. The Morgan fingerprint density at radius 3 is 2.45 bits per heavy atom. The number of nitrogens with one attached hydrogen (secondary N) is 2. The van der Waals surface area contributed by atoms with E-state index < -0.39 is 5.60 Å². The fourth-order valence-corrected chi connectivity index (χ4v) is 1.89. The molecule has 0 atom stereocenters. The van der Waals surface area contributed by atoms with Gasteiger partial charge in [-0.2, -0.15) is 5.10 Å². The summed E-state index contributed by atoms with van der Waals surface area (Å²) < 4.78 is 5.48. The van der Waals surface area contributed by atoms with Crippen molar-refractivity contribution in [3.8, 4) is 0 Å². The van der Waals surface area contributed by atoms with Gasteiger partial charge in [0.15, 0.2) is 0 Å². The SMILES string of the molecule is CC(C)(C)OC(=O)N(CCNCCc1ncn[nH]1)C(C)(C)C. The molecule has 1 heterocycles. The summed E-state index contributed by atoms with van der Waals surface area (Å²) >= 11 is 0. The molecule has 0 saturated heterocycles. The molecule has 0 saturated carbocycles. The average molecular weight is 311 g/mol. The third-order valence-corrected chi connectivity index (χ3v) is 2.94. The predicted molar refractivity (Wildman–Crippen MR) is 85.6 cm³/mol. The molecule has 0 aliphatic heterocycles. The lowest BCUT2D eigenvalue weighted by Crippen LogP contribution is -2.50. The van der Waals surface area contributed by atoms with E-state index in [1.54, 1.807) is 4.90 Å². The topological polar surface area (TPSA) is 83.1 Å². The van der Waals surface area contributed by atoms with Crippen LogP contribution in [-0.4, -0.2) is 56.9 Å². The number of carbonyl (C=O) groups excluding carboxylic acids is 1. The van der Waals surface area contributed by atoms with Gasteiger partial charge >= 0.3 is 6.09 Å². The van der Waals surface area contributed by atoms with Crippen molar-refractivity contribution in [2.24, 2.45) is 0 Å². The normalized spacial score (nSPS) is 12.3. The van der Waals surface area contributed by atoms with Gasteiger partial charge in [0.2, 0.25) is 0 Å². The standard InChI is InChI=1S/C15H29N5O2/c1-14(2,3)20(13(21)22-15(4,5)6)10-9-16-8-7-12-17-11-18-19-12/h11,16H,7-10H2,1-6H3,(H,17,18,19). The number of ether oxygens (including phenoxy) is 1. The summed E-state index contributed by atoms with van der Waals surface area (Å²) in [5, 5.41) is 9.93. The summed E-state index contributed by atoms with van der Waals surface area (Å²) in [6.07, 6.45) is 2.00. The van der Waals surface area contributed by atoms with Gasteiger partial charge < -0.3 is 15.0 Å². The minimum absolute atomic E-state index is 0.281. The van der Waals surface area contributed by atoms with Crippen LogP contribution in [0.3, 0.4) is 0 Å². The fourth-order valence-electron chi connectivity index (χ4n) is 1.89. The number of amides is 1. The second kappa shape index (κ2) is 7.58. The van der Waals surface area contributed by atoms with Crippen molar-refractivity contribution in [3.63, 3.8) is 0 Å². The molecule has 1 aromatic heterocycles. The van der Waals surface area contributed by atoms with Gasteiger partial charge in [-0.25, -0.2) is 9.78 Å². The minimum atomic E-state index is -0.486. The molecule has 0 fully saturated rings. The summed E-state index contributed by atoms with van der Waals surface area (Å²) in [6.45, 7) is 13.7. The maximum Gasteiger partial charge on any atom is 0.410 e. The van der Waals surface area contributed by atoms with E-state index in [4.69, 9.17) is 4.74 Å². The van der Waals surface area contributed by atoms with Crippen LogP contribution in [0.1, 0.15) is 47.4 Å². The Bertz CT molecular complexity index is 445. The van der Waals surface area contributed by atoms with Crippen molar-refractivity contribution in [1.29, 1.82) is 0 Å². The zero-order valence-electron chi connectivity index (χ0n) is 14.6. The average Bonchev–Trinajstić information content (AvgIpc) is 2.82. The van der Waals surface area contributed by atoms with Gasteiger partial charge in [0.1, 0.15) is 17.8 Å². The molecule has 0 radical (unpaired) electrons. The van der Waals surface area contributed by atoms with Gasteiger partial charge in [0.05, 0.1) is 0 Å². The lowest BCUT2D eigenvalue weighted by Gasteiger charge is -2.36. The van der Waals surface area contributed by atoms with Crippen molar-refractivity contribution in [3.05, 3.63) is 12.2 Å². The summed E-state index contributed by atoms with van der Waals surface area (Å²) in [6, 6.07) is 0. The van der Waals surface area contributed by atoms with Crippen LogP contribution in [-0.2, 0) is 11.2 Å². The van der Waals surface area contributed by atoms with Crippen LogP contribution in [0, 0.1) is 0 Å². The summed E-state index contributed by atoms with van der Waals surface area (Å²) in [5.74, 6) is 0.854. The van der Waals surface area contributed by atoms with Gasteiger partial charge in [0.25, 0.3) is 0 Å². The molecule has 0 bridgehead atoms. The van der Waals surface area contributed by atoms with Crippen LogP contribution < -0.4 is 5.32 Å². The Morgan fingerprint density at radius 1 is 1.27 bits per heavy atom. The second-order valence-electron chi connectivity index (χ2n) is 7.23. The summed E-state index contributed by atoms with van der Waals surface area (Å²) in [7, 11) is 0. The van der Waals surface area contributed by atoms with E-state index in [1.165, 1.54) is 6.33 Å². The highest BCUT2D eigenvalue weighted by Gasteiger charge is 2.30. The highest BCUT2D eigenvalue weighted by molar-refractivity contribution is 5.69. The first-order valence-electron chi connectivity index (χ1n) is 7.65. The molecule has 126 valence electrons. The lowest BCUT2D eigenvalue weighted by molar-refractivity contribution is 0.00666. The van der Waals surface area contributed by atoms with Crippen LogP contribution >= 0.6 is 0 Å². The Morgan fingerprint density at radius 2 is 1.95 bits per heavy atom. The maximum atomic E-state index is 12.3. The van der Waals surface area contributed by atoms with Crippen LogP contribution in [0.25, 0.3) is 0 Å². The van der Waals surface area contributed by atoms with E-state index in [-0.39, 0.29) is 11.6 Å². The molecule has 0 aromatic carbocycles. The number of carbonyl (C=O) groups is 1. The number of H-pyrrole nitrogens is 1. The zero-order chi connectivity index (χ0) is 16.8. The summed E-state index contributed by atoms with van der Waals surface area (Å²) in [4.78, 5) is 18.1. The molecule has 2 N–H and O–H groups in total. The van der Waals surface area contributed by atoms with Crippen LogP contribution in [0.15, 0.2) is 6.33 Å². The number of rotatable bonds is 6. The fraction of sp³-hybridized carbons (Fsp3) is 0.800. The molecule has 1 rings (SSSR count). The van der Waals surface area contributed by atoms with Gasteiger partial charge in [-0.3, -0.25) is 5.10 Å². The zero-order valence-corrected chi connectivity index (χ0v) is 14.6. The van der Waals surface area contributed by atoms with Gasteiger partial charge in [0, 0.05) is 31.6 Å². The Hall–Kier alpha value is -1.63. The van der Waals surface area contributed by atoms with Crippen molar-refractivity contribution < 1.29 is 9.53 Å². The first-order valence-corrected chi connectivity index (χ1v) is 7.65. The van der Waals surface area contributed by atoms with Gasteiger partial charge in [-0.1, -0.05) is 0 Å². The highest BCUT2D eigenvalue weighted by atomic mass is 16.6. The third kappa shape index (κ3) is 6.89. The van der Waals surface area contributed by atoms with E-state index in [1.807, 2.05) is 41.5 Å². The predicted octanol–water partition coefficient (Wildman–Crippen LogP) is 1.97. The van der Waals surface area contributed by atoms with E-state index >= 15 is 0 Å². The number of aromatic amines is 1. The number of aromatic nitrogens is 3. The van der Waals surface area contributed by atoms with Crippen LogP contribution in [0.5, 0.6) is 0 Å². The molecular formula is C15H29N5O2.